The molecule has 0 bridgehead atoms. The number of allylic oxidation sites excluding steroid dienone is 2. The first-order chi connectivity index (χ1) is 17.0. The highest BCUT2D eigenvalue weighted by Crippen LogP contribution is 2.49. The molecule has 0 spiro atoms. The van der Waals surface area contributed by atoms with Gasteiger partial charge in [-0.3, -0.25) is 14.9 Å². The summed E-state index contributed by atoms with van der Waals surface area (Å²) in [5.41, 5.74) is 3.23. The molecule has 1 amide bonds. The van der Waals surface area contributed by atoms with Crippen molar-refractivity contribution >= 4 is 11.6 Å². The number of nitro groups is 1. The number of benzene rings is 3. The number of hydrogen-bond acceptors (Lipinski definition) is 4. The summed E-state index contributed by atoms with van der Waals surface area (Å²) in [5, 5.41) is 11.2. The Morgan fingerprint density at radius 1 is 0.914 bits per heavy atom. The van der Waals surface area contributed by atoms with E-state index in [1.807, 2.05) is 59.5 Å². The maximum absolute atomic E-state index is 14.0. The molecule has 1 fully saturated rings. The van der Waals surface area contributed by atoms with E-state index in [4.69, 9.17) is 4.74 Å². The van der Waals surface area contributed by atoms with Crippen molar-refractivity contribution in [3.8, 4) is 5.75 Å². The maximum Gasteiger partial charge on any atom is 0.269 e. The first-order valence-corrected chi connectivity index (χ1v) is 11.9. The first kappa shape index (κ1) is 22.8. The van der Waals surface area contributed by atoms with E-state index >= 15 is 0 Å². The number of hydrogen-bond donors (Lipinski definition) is 0. The van der Waals surface area contributed by atoms with Gasteiger partial charge in [0, 0.05) is 37.1 Å². The number of piperidine rings is 1. The molecule has 1 aliphatic heterocycles. The molecule has 0 aromatic heterocycles. The van der Waals surface area contributed by atoms with Crippen LogP contribution >= 0.6 is 0 Å². The smallest absolute Gasteiger partial charge is 0.269 e. The fourth-order valence-corrected chi connectivity index (χ4v) is 5.56. The highest BCUT2D eigenvalue weighted by Gasteiger charge is 2.46. The van der Waals surface area contributed by atoms with Crippen molar-refractivity contribution in [1.82, 2.24) is 4.90 Å². The Labute approximate surface area is 205 Å². The molecule has 1 saturated heterocycles. The van der Waals surface area contributed by atoms with Crippen LogP contribution in [0.2, 0.25) is 0 Å². The van der Waals surface area contributed by atoms with Gasteiger partial charge < -0.3 is 9.64 Å². The number of ether oxygens (including phenoxy) is 1. The second-order valence-electron chi connectivity index (χ2n) is 9.28. The average molecular weight is 469 g/mol. The molecule has 4 atom stereocenters. The summed E-state index contributed by atoms with van der Waals surface area (Å²) in [6.45, 7) is 1.26. The van der Waals surface area contributed by atoms with Crippen molar-refractivity contribution in [3.05, 3.63) is 118 Å². The summed E-state index contributed by atoms with van der Waals surface area (Å²) in [4.78, 5) is 26.8. The molecule has 35 heavy (non-hydrogen) atoms. The SMILES string of the molecule is COc1ccc(CN2CC[C@H]3C=C[C@@H](c4ccccc4)[C@@H](c4ccc([N+](=O)[O-])cc4)[C@@H]3C2=O)cc1. The van der Waals surface area contributed by atoms with Crippen LogP contribution in [-0.4, -0.2) is 29.4 Å². The van der Waals surface area contributed by atoms with Crippen LogP contribution in [0.5, 0.6) is 5.75 Å². The van der Waals surface area contributed by atoms with Crippen molar-refractivity contribution in [3.63, 3.8) is 0 Å². The number of methoxy groups -OCH3 is 1. The minimum Gasteiger partial charge on any atom is -0.497 e. The van der Waals surface area contributed by atoms with Gasteiger partial charge in [-0.2, -0.15) is 0 Å². The van der Waals surface area contributed by atoms with Crippen molar-refractivity contribution in [2.75, 3.05) is 13.7 Å². The number of amides is 1. The number of likely N-dealkylation sites (tertiary alicyclic amines) is 1. The minimum atomic E-state index is -0.385. The molecule has 5 rings (SSSR count). The van der Waals surface area contributed by atoms with Crippen molar-refractivity contribution in [2.45, 2.75) is 24.8 Å². The van der Waals surface area contributed by atoms with Crippen molar-refractivity contribution in [1.29, 1.82) is 0 Å². The molecule has 3 aromatic carbocycles. The van der Waals surface area contributed by atoms with Crippen LogP contribution in [-0.2, 0) is 11.3 Å². The lowest BCUT2D eigenvalue weighted by Crippen LogP contribution is -2.49. The molecule has 1 heterocycles. The van der Waals surface area contributed by atoms with Crippen LogP contribution in [0.15, 0.2) is 91.0 Å². The molecule has 6 nitrogen and oxygen atoms in total. The summed E-state index contributed by atoms with van der Waals surface area (Å²) in [5.74, 6) is 0.780. The zero-order valence-corrected chi connectivity index (χ0v) is 19.6. The van der Waals surface area contributed by atoms with Crippen LogP contribution in [0.3, 0.4) is 0 Å². The summed E-state index contributed by atoms with van der Waals surface area (Å²) < 4.78 is 5.26. The van der Waals surface area contributed by atoms with Crippen molar-refractivity contribution < 1.29 is 14.5 Å². The van der Waals surface area contributed by atoms with E-state index in [0.29, 0.717) is 13.1 Å². The largest absolute Gasteiger partial charge is 0.497 e. The number of non-ortho nitro benzene ring substituents is 1. The number of nitrogens with zero attached hydrogens (tertiary/aromatic N) is 2. The van der Waals surface area contributed by atoms with E-state index in [2.05, 4.69) is 24.3 Å². The molecular formula is C29H28N2O4. The van der Waals surface area contributed by atoms with Gasteiger partial charge in [0.2, 0.25) is 5.91 Å². The van der Waals surface area contributed by atoms with Gasteiger partial charge >= 0.3 is 0 Å². The Bertz CT molecular complexity index is 1220. The third-order valence-corrected chi connectivity index (χ3v) is 7.34. The molecule has 0 saturated carbocycles. The maximum atomic E-state index is 14.0. The summed E-state index contributed by atoms with van der Waals surface area (Å²) in [7, 11) is 1.64. The van der Waals surface area contributed by atoms with E-state index in [-0.39, 0.29) is 40.2 Å². The molecule has 1 aliphatic carbocycles. The number of nitro benzene ring substituents is 1. The standard InChI is InChI=1S/C29H28N2O4/c1-35-25-14-7-20(8-15-25)19-30-18-17-23-11-16-26(21-5-3-2-4-6-21)27(28(23)29(30)32)22-9-12-24(13-10-22)31(33)34/h2-16,23,26-28H,17-19H2,1H3/t23-,26+,27-,28-/m1/s1. The zero-order valence-electron chi connectivity index (χ0n) is 19.6. The summed E-state index contributed by atoms with van der Waals surface area (Å²) in [6, 6.07) is 24.8. The Morgan fingerprint density at radius 3 is 2.29 bits per heavy atom. The molecule has 0 unspecified atom stereocenters. The Balaban J connectivity index is 1.50. The van der Waals surface area contributed by atoms with Crippen LogP contribution in [0, 0.1) is 22.0 Å². The Hall–Kier alpha value is -3.93. The van der Waals surface area contributed by atoms with Gasteiger partial charge in [-0.1, -0.05) is 66.7 Å². The number of fused-ring (bicyclic) bond motifs is 1. The molecule has 2 aliphatic rings. The monoisotopic (exact) mass is 468 g/mol. The fraction of sp³-hybridized carbons (Fsp3) is 0.276. The molecule has 178 valence electrons. The predicted molar refractivity (Wildman–Crippen MR) is 134 cm³/mol. The van der Waals surface area contributed by atoms with Crippen LogP contribution in [0.1, 0.15) is 34.9 Å². The Kier molecular flexibility index (Phi) is 6.36. The van der Waals surface area contributed by atoms with E-state index in [1.165, 1.54) is 0 Å². The van der Waals surface area contributed by atoms with Gasteiger partial charge in [-0.25, -0.2) is 0 Å². The van der Waals surface area contributed by atoms with Gasteiger partial charge in [-0.15, -0.1) is 0 Å². The third-order valence-electron chi connectivity index (χ3n) is 7.34. The van der Waals surface area contributed by atoms with E-state index in [1.54, 1.807) is 19.2 Å². The lowest BCUT2D eigenvalue weighted by Gasteiger charge is -2.45. The molecule has 3 aromatic rings. The summed E-state index contributed by atoms with van der Waals surface area (Å²) in [6.07, 6.45) is 5.34. The molecule has 0 radical (unpaired) electrons. The topological polar surface area (TPSA) is 72.7 Å². The number of carbonyl (C=O) groups is 1. The lowest BCUT2D eigenvalue weighted by molar-refractivity contribution is -0.384. The highest BCUT2D eigenvalue weighted by molar-refractivity contribution is 5.82. The van der Waals surface area contributed by atoms with Gasteiger partial charge in [0.25, 0.3) is 5.69 Å². The zero-order chi connectivity index (χ0) is 24.4. The second-order valence-corrected chi connectivity index (χ2v) is 9.28. The summed E-state index contributed by atoms with van der Waals surface area (Å²) >= 11 is 0. The van der Waals surface area contributed by atoms with E-state index in [0.717, 1.165) is 28.9 Å². The normalized spacial score (nSPS) is 23.6. The molecule has 0 N–H and O–H groups in total. The number of carbonyl (C=O) groups excluding carboxylic acids is 1. The Morgan fingerprint density at radius 2 is 1.63 bits per heavy atom. The fourth-order valence-electron chi connectivity index (χ4n) is 5.56. The molecular weight excluding hydrogens is 440 g/mol. The van der Waals surface area contributed by atoms with Gasteiger partial charge in [0.1, 0.15) is 5.75 Å². The van der Waals surface area contributed by atoms with Gasteiger partial charge in [0.05, 0.1) is 18.0 Å². The van der Waals surface area contributed by atoms with Crippen LogP contribution < -0.4 is 4.74 Å². The minimum absolute atomic E-state index is 0.0174. The highest BCUT2D eigenvalue weighted by atomic mass is 16.6. The quantitative estimate of drug-likeness (QED) is 0.264. The van der Waals surface area contributed by atoms with Gasteiger partial charge in [-0.05, 0) is 41.2 Å². The third kappa shape index (κ3) is 4.56. The molecule has 6 heteroatoms. The predicted octanol–water partition coefficient (Wildman–Crippen LogP) is 5.71. The average Bonchev–Trinajstić information content (AvgIpc) is 2.90. The van der Waals surface area contributed by atoms with Crippen LogP contribution in [0.25, 0.3) is 0 Å². The van der Waals surface area contributed by atoms with Crippen molar-refractivity contribution in [2.24, 2.45) is 11.8 Å². The number of rotatable bonds is 6. The van der Waals surface area contributed by atoms with E-state index < -0.39 is 0 Å². The van der Waals surface area contributed by atoms with Gasteiger partial charge in [0.15, 0.2) is 0 Å². The second kappa shape index (κ2) is 9.74. The van der Waals surface area contributed by atoms with E-state index in [9.17, 15) is 14.9 Å². The lowest BCUT2D eigenvalue weighted by atomic mass is 9.63. The first-order valence-electron chi connectivity index (χ1n) is 11.9. The van der Waals surface area contributed by atoms with Crippen LogP contribution in [0.4, 0.5) is 5.69 Å².